The normalized spacial score (nSPS) is 21.3. The first-order valence-corrected chi connectivity index (χ1v) is 6.63. The summed E-state index contributed by atoms with van der Waals surface area (Å²) in [5.74, 6) is 0.383. The van der Waals surface area contributed by atoms with Crippen LogP contribution in [0.1, 0.15) is 31.7 Å². The van der Waals surface area contributed by atoms with E-state index in [4.69, 9.17) is 10.00 Å². The van der Waals surface area contributed by atoms with E-state index in [2.05, 4.69) is 11.4 Å². The zero-order valence-electron chi connectivity index (χ0n) is 11.1. The summed E-state index contributed by atoms with van der Waals surface area (Å²) in [6.45, 7) is 2.72. The minimum atomic E-state index is -0.0253. The highest BCUT2D eigenvalue weighted by molar-refractivity contribution is 5.92. The van der Waals surface area contributed by atoms with Gasteiger partial charge < -0.3 is 10.1 Å². The Labute approximate surface area is 113 Å². The monoisotopic (exact) mass is 258 g/mol. The molecule has 0 spiro atoms. The summed E-state index contributed by atoms with van der Waals surface area (Å²) in [5.41, 5.74) is 1.09. The molecule has 19 heavy (non-hydrogen) atoms. The summed E-state index contributed by atoms with van der Waals surface area (Å²) >= 11 is 0. The number of hydrogen-bond acceptors (Lipinski definition) is 3. The first-order chi connectivity index (χ1) is 9.22. The van der Waals surface area contributed by atoms with E-state index in [1.807, 2.05) is 13.0 Å². The molecule has 0 heterocycles. The van der Waals surface area contributed by atoms with Gasteiger partial charge in [0.05, 0.1) is 17.4 Å². The number of anilines is 1. The van der Waals surface area contributed by atoms with E-state index in [0.29, 0.717) is 29.7 Å². The zero-order valence-corrected chi connectivity index (χ0v) is 11.1. The summed E-state index contributed by atoms with van der Waals surface area (Å²) < 4.78 is 5.47. The highest BCUT2D eigenvalue weighted by atomic mass is 16.5. The third kappa shape index (κ3) is 3.55. The molecule has 0 saturated heterocycles. The van der Waals surface area contributed by atoms with Crippen LogP contribution in [0.2, 0.25) is 0 Å². The molecule has 1 aromatic rings. The van der Waals surface area contributed by atoms with E-state index in [9.17, 15) is 4.79 Å². The van der Waals surface area contributed by atoms with Crippen molar-refractivity contribution in [1.82, 2.24) is 0 Å². The van der Waals surface area contributed by atoms with Crippen molar-refractivity contribution in [3.8, 4) is 6.07 Å². The molecule has 0 aromatic heterocycles. The third-order valence-electron chi connectivity index (χ3n) is 3.39. The van der Waals surface area contributed by atoms with Crippen LogP contribution >= 0.6 is 0 Å². The molecular weight excluding hydrogens is 240 g/mol. The molecule has 0 radical (unpaired) electrons. The molecule has 0 bridgehead atoms. The van der Waals surface area contributed by atoms with Crippen LogP contribution in [-0.4, -0.2) is 18.6 Å². The quantitative estimate of drug-likeness (QED) is 0.883. The van der Waals surface area contributed by atoms with Crippen molar-refractivity contribution in [3.63, 3.8) is 0 Å². The molecule has 0 aliphatic heterocycles. The number of ether oxygens (including phenoxy) is 1. The number of benzene rings is 1. The number of nitrogens with zero attached hydrogens (tertiary/aromatic N) is 1. The number of carbonyl (C=O) groups is 1. The molecule has 1 aromatic carbocycles. The Bertz CT molecular complexity index is 487. The molecule has 1 fully saturated rings. The number of amides is 1. The number of nitriles is 1. The number of rotatable bonds is 5. The Balaban J connectivity index is 1.81. The van der Waals surface area contributed by atoms with Crippen molar-refractivity contribution < 1.29 is 9.53 Å². The van der Waals surface area contributed by atoms with Crippen molar-refractivity contribution in [2.45, 2.75) is 32.3 Å². The largest absolute Gasteiger partial charge is 0.378 e. The second-order valence-corrected chi connectivity index (χ2v) is 4.82. The summed E-state index contributed by atoms with van der Waals surface area (Å²) in [7, 11) is 0. The molecule has 1 aliphatic rings. The Hall–Kier alpha value is -1.86. The molecular formula is C15H18N2O2. The summed E-state index contributed by atoms with van der Waals surface area (Å²) in [5, 5.41) is 11.8. The van der Waals surface area contributed by atoms with Crippen molar-refractivity contribution >= 4 is 11.6 Å². The van der Waals surface area contributed by atoms with Crippen LogP contribution in [-0.2, 0) is 9.53 Å². The van der Waals surface area contributed by atoms with Gasteiger partial charge in [-0.1, -0.05) is 12.1 Å². The summed E-state index contributed by atoms with van der Waals surface area (Å²) in [4.78, 5) is 11.9. The topological polar surface area (TPSA) is 62.1 Å². The van der Waals surface area contributed by atoms with E-state index in [0.717, 1.165) is 19.4 Å². The van der Waals surface area contributed by atoms with Crippen LogP contribution in [0.3, 0.4) is 0 Å². The summed E-state index contributed by atoms with van der Waals surface area (Å²) in [6, 6.07) is 9.11. The van der Waals surface area contributed by atoms with Gasteiger partial charge in [-0.25, -0.2) is 0 Å². The van der Waals surface area contributed by atoms with E-state index in [1.165, 1.54) is 0 Å². The van der Waals surface area contributed by atoms with Gasteiger partial charge in [0, 0.05) is 13.0 Å². The Kier molecular flexibility index (Phi) is 4.53. The smallest absolute Gasteiger partial charge is 0.224 e. The number of nitrogens with one attached hydrogen (secondary N) is 1. The minimum absolute atomic E-state index is 0.0253. The predicted molar refractivity (Wildman–Crippen MR) is 72.5 cm³/mol. The molecule has 0 unspecified atom stereocenters. The van der Waals surface area contributed by atoms with E-state index >= 15 is 0 Å². The Morgan fingerprint density at radius 2 is 2.21 bits per heavy atom. The SMILES string of the molecule is CCOC1CC(CC(=O)Nc2ccccc2C#N)C1. The number of carbonyl (C=O) groups excluding carboxylic acids is 1. The van der Waals surface area contributed by atoms with Crippen molar-refractivity contribution in [2.75, 3.05) is 11.9 Å². The van der Waals surface area contributed by atoms with Crippen LogP contribution in [0, 0.1) is 17.2 Å². The molecule has 2 rings (SSSR count). The lowest BCUT2D eigenvalue weighted by Gasteiger charge is -2.34. The average molecular weight is 258 g/mol. The molecule has 4 heteroatoms. The predicted octanol–water partition coefficient (Wildman–Crippen LogP) is 2.70. The highest BCUT2D eigenvalue weighted by Gasteiger charge is 2.31. The van der Waals surface area contributed by atoms with Crippen LogP contribution in [0.5, 0.6) is 0 Å². The van der Waals surface area contributed by atoms with Crippen molar-refractivity contribution in [3.05, 3.63) is 29.8 Å². The van der Waals surface area contributed by atoms with E-state index in [-0.39, 0.29) is 5.91 Å². The molecule has 1 saturated carbocycles. The van der Waals surface area contributed by atoms with Gasteiger partial charge in [-0.2, -0.15) is 5.26 Å². The van der Waals surface area contributed by atoms with Crippen molar-refractivity contribution in [2.24, 2.45) is 5.92 Å². The fourth-order valence-electron chi connectivity index (χ4n) is 2.37. The van der Waals surface area contributed by atoms with E-state index in [1.54, 1.807) is 18.2 Å². The molecule has 4 nitrogen and oxygen atoms in total. The molecule has 100 valence electrons. The minimum Gasteiger partial charge on any atom is -0.378 e. The number of para-hydroxylation sites is 1. The van der Waals surface area contributed by atoms with Crippen LogP contribution < -0.4 is 5.32 Å². The summed E-state index contributed by atoms with van der Waals surface area (Å²) in [6.07, 6.45) is 2.75. The standard InChI is InChI=1S/C15H18N2O2/c1-2-19-13-7-11(8-13)9-15(18)17-14-6-4-3-5-12(14)10-16/h3-6,11,13H,2,7-9H2,1H3,(H,17,18). The molecule has 1 amide bonds. The second-order valence-electron chi connectivity index (χ2n) is 4.82. The van der Waals surface area contributed by atoms with Crippen LogP contribution in [0.4, 0.5) is 5.69 Å². The molecule has 0 atom stereocenters. The second kappa shape index (κ2) is 6.35. The third-order valence-corrected chi connectivity index (χ3v) is 3.39. The maximum Gasteiger partial charge on any atom is 0.224 e. The number of hydrogen-bond donors (Lipinski definition) is 1. The van der Waals surface area contributed by atoms with Gasteiger partial charge >= 0.3 is 0 Å². The average Bonchev–Trinajstić information content (AvgIpc) is 2.37. The van der Waals surface area contributed by atoms with Gasteiger partial charge in [-0.05, 0) is 37.8 Å². The van der Waals surface area contributed by atoms with Gasteiger partial charge in [0.15, 0.2) is 0 Å². The van der Waals surface area contributed by atoms with Gasteiger partial charge in [0.1, 0.15) is 6.07 Å². The van der Waals surface area contributed by atoms with Crippen LogP contribution in [0.25, 0.3) is 0 Å². The van der Waals surface area contributed by atoms with Gasteiger partial charge in [0.25, 0.3) is 0 Å². The van der Waals surface area contributed by atoms with Gasteiger partial charge in [0.2, 0.25) is 5.91 Å². The fraction of sp³-hybridized carbons (Fsp3) is 0.467. The first-order valence-electron chi connectivity index (χ1n) is 6.63. The maximum atomic E-state index is 11.9. The lowest BCUT2D eigenvalue weighted by molar-refractivity contribution is -0.119. The molecule has 1 N–H and O–H groups in total. The van der Waals surface area contributed by atoms with Crippen LogP contribution in [0.15, 0.2) is 24.3 Å². The first kappa shape index (κ1) is 13.6. The zero-order chi connectivity index (χ0) is 13.7. The highest BCUT2D eigenvalue weighted by Crippen LogP contribution is 2.32. The Morgan fingerprint density at radius 3 is 2.89 bits per heavy atom. The fourth-order valence-corrected chi connectivity index (χ4v) is 2.37. The van der Waals surface area contributed by atoms with Gasteiger partial charge in [-0.3, -0.25) is 4.79 Å². The lowest BCUT2D eigenvalue weighted by atomic mass is 9.80. The molecule has 1 aliphatic carbocycles. The lowest BCUT2D eigenvalue weighted by Crippen LogP contribution is -2.33. The van der Waals surface area contributed by atoms with Gasteiger partial charge in [-0.15, -0.1) is 0 Å². The van der Waals surface area contributed by atoms with Crippen molar-refractivity contribution in [1.29, 1.82) is 5.26 Å². The Morgan fingerprint density at radius 1 is 1.47 bits per heavy atom. The maximum absolute atomic E-state index is 11.9. The van der Waals surface area contributed by atoms with E-state index < -0.39 is 0 Å².